The lowest BCUT2D eigenvalue weighted by atomic mass is 10.1. The van der Waals surface area contributed by atoms with Gasteiger partial charge >= 0.3 is 0 Å². The zero-order valence-corrected chi connectivity index (χ0v) is 10.0. The maximum absolute atomic E-state index is 8.76. The van der Waals surface area contributed by atoms with Crippen molar-refractivity contribution in [3.63, 3.8) is 0 Å². The molecule has 16 heavy (non-hydrogen) atoms. The number of hydrogen-bond donors (Lipinski definition) is 1. The fraction of sp³-hybridized carbons (Fsp3) is 0.500. The molecule has 0 bridgehead atoms. The second-order valence-electron chi connectivity index (χ2n) is 4.15. The third kappa shape index (κ3) is 3.21. The maximum atomic E-state index is 8.76. The van der Waals surface area contributed by atoms with Crippen LogP contribution in [0.15, 0.2) is 18.3 Å². The van der Waals surface area contributed by atoms with E-state index in [9.17, 15) is 0 Å². The zero-order valence-electron chi connectivity index (χ0n) is 10.0. The highest BCUT2D eigenvalue weighted by molar-refractivity contribution is 5.41. The van der Waals surface area contributed by atoms with Crippen molar-refractivity contribution in [1.29, 1.82) is 5.26 Å². The fourth-order valence-corrected chi connectivity index (χ4v) is 1.47. The summed E-state index contributed by atoms with van der Waals surface area (Å²) in [5.74, 6) is 0.850. The van der Waals surface area contributed by atoms with Gasteiger partial charge in [0.1, 0.15) is 5.82 Å². The molecule has 0 amide bonds. The summed E-state index contributed by atoms with van der Waals surface area (Å²) < 4.78 is 0. The van der Waals surface area contributed by atoms with E-state index in [-0.39, 0.29) is 12.0 Å². The Kier molecular flexibility index (Phi) is 4.27. The first-order chi connectivity index (χ1) is 7.54. The van der Waals surface area contributed by atoms with Crippen LogP contribution < -0.4 is 10.6 Å². The minimum absolute atomic E-state index is 0.00328. The number of hydrogen-bond acceptors (Lipinski definition) is 4. The van der Waals surface area contributed by atoms with Crippen LogP contribution in [0.5, 0.6) is 0 Å². The molecule has 0 aromatic carbocycles. The molecular formula is C12H18N4. The Bertz CT molecular complexity index is 381. The first-order valence-corrected chi connectivity index (χ1v) is 5.37. The standard InChI is InChI=1S/C12H18N4/c1-9(7-13)8-16(3)12-6-11(10(2)14)4-5-15-12/h4-6,9-10H,8,14H2,1-3H3/t9?,10-/m1/s1. The van der Waals surface area contributed by atoms with Gasteiger partial charge in [0.15, 0.2) is 0 Å². The number of nitriles is 1. The van der Waals surface area contributed by atoms with E-state index in [1.54, 1.807) is 6.20 Å². The fourth-order valence-electron chi connectivity index (χ4n) is 1.47. The number of nitrogens with zero attached hydrogens (tertiary/aromatic N) is 3. The van der Waals surface area contributed by atoms with E-state index in [0.717, 1.165) is 11.4 Å². The van der Waals surface area contributed by atoms with Gasteiger partial charge in [0.2, 0.25) is 0 Å². The molecule has 0 radical (unpaired) electrons. The summed E-state index contributed by atoms with van der Waals surface area (Å²) in [6.07, 6.45) is 1.75. The maximum Gasteiger partial charge on any atom is 0.128 e. The minimum atomic E-state index is -0.00856. The molecule has 0 fully saturated rings. The molecule has 4 nitrogen and oxygen atoms in total. The predicted octanol–water partition coefficient (Wildman–Crippen LogP) is 1.70. The van der Waals surface area contributed by atoms with Gasteiger partial charge in [0, 0.05) is 25.8 Å². The molecule has 86 valence electrons. The third-order valence-corrected chi connectivity index (χ3v) is 2.45. The first-order valence-electron chi connectivity index (χ1n) is 5.37. The summed E-state index contributed by atoms with van der Waals surface area (Å²) in [5, 5.41) is 8.76. The van der Waals surface area contributed by atoms with E-state index >= 15 is 0 Å². The number of anilines is 1. The van der Waals surface area contributed by atoms with Crippen LogP contribution in [0.25, 0.3) is 0 Å². The highest BCUT2D eigenvalue weighted by atomic mass is 15.2. The highest BCUT2D eigenvalue weighted by Crippen LogP contribution is 2.16. The van der Waals surface area contributed by atoms with Crippen LogP contribution in [0, 0.1) is 17.2 Å². The molecule has 4 heteroatoms. The summed E-state index contributed by atoms with van der Waals surface area (Å²) >= 11 is 0. The normalized spacial score (nSPS) is 13.9. The molecule has 0 aliphatic carbocycles. The summed E-state index contributed by atoms with van der Waals surface area (Å²) in [7, 11) is 1.93. The molecule has 1 heterocycles. The van der Waals surface area contributed by atoms with Crippen LogP contribution in [0.3, 0.4) is 0 Å². The van der Waals surface area contributed by atoms with Crippen LogP contribution in [0.2, 0.25) is 0 Å². The van der Waals surface area contributed by atoms with E-state index in [2.05, 4.69) is 11.1 Å². The lowest BCUT2D eigenvalue weighted by molar-refractivity contribution is 0.708. The summed E-state index contributed by atoms with van der Waals surface area (Å²) in [5.41, 5.74) is 6.87. The van der Waals surface area contributed by atoms with E-state index < -0.39 is 0 Å². The average molecular weight is 218 g/mol. The second kappa shape index (κ2) is 5.47. The first kappa shape index (κ1) is 12.5. The van der Waals surface area contributed by atoms with Gasteiger partial charge in [-0.3, -0.25) is 0 Å². The highest BCUT2D eigenvalue weighted by Gasteiger charge is 2.08. The summed E-state index contributed by atoms with van der Waals surface area (Å²) in [4.78, 5) is 6.24. The van der Waals surface area contributed by atoms with Gasteiger partial charge < -0.3 is 10.6 Å². The van der Waals surface area contributed by atoms with Gasteiger partial charge in [-0.15, -0.1) is 0 Å². The van der Waals surface area contributed by atoms with Gasteiger partial charge in [-0.2, -0.15) is 5.26 Å². The largest absolute Gasteiger partial charge is 0.358 e. The van der Waals surface area contributed by atoms with Crippen LogP contribution >= 0.6 is 0 Å². The van der Waals surface area contributed by atoms with Crippen LogP contribution in [-0.4, -0.2) is 18.6 Å². The van der Waals surface area contributed by atoms with E-state index in [1.807, 2.05) is 37.9 Å². The van der Waals surface area contributed by atoms with Crippen LogP contribution in [0.1, 0.15) is 25.5 Å². The van der Waals surface area contributed by atoms with E-state index in [0.29, 0.717) is 6.54 Å². The Morgan fingerprint density at radius 3 is 2.81 bits per heavy atom. The van der Waals surface area contributed by atoms with Gasteiger partial charge in [0.05, 0.1) is 12.0 Å². The average Bonchev–Trinajstić information content (AvgIpc) is 2.28. The van der Waals surface area contributed by atoms with Gasteiger partial charge in [-0.1, -0.05) is 0 Å². The van der Waals surface area contributed by atoms with Gasteiger partial charge in [-0.05, 0) is 31.5 Å². The van der Waals surface area contributed by atoms with Gasteiger partial charge in [0.25, 0.3) is 0 Å². The Labute approximate surface area is 96.7 Å². The van der Waals surface area contributed by atoms with E-state index in [1.165, 1.54) is 0 Å². The molecule has 0 spiro atoms. The Morgan fingerprint density at radius 1 is 1.56 bits per heavy atom. The lowest BCUT2D eigenvalue weighted by Crippen LogP contribution is -2.24. The number of aromatic nitrogens is 1. The molecule has 1 aromatic rings. The van der Waals surface area contributed by atoms with Gasteiger partial charge in [-0.25, -0.2) is 4.98 Å². The minimum Gasteiger partial charge on any atom is -0.358 e. The van der Waals surface area contributed by atoms with Crippen molar-refractivity contribution in [2.24, 2.45) is 11.7 Å². The lowest BCUT2D eigenvalue weighted by Gasteiger charge is -2.20. The number of nitrogens with two attached hydrogens (primary N) is 1. The Morgan fingerprint density at radius 2 is 2.25 bits per heavy atom. The van der Waals surface area contributed by atoms with Crippen molar-refractivity contribution in [1.82, 2.24) is 4.98 Å². The summed E-state index contributed by atoms with van der Waals surface area (Å²) in [6, 6.07) is 6.09. The van der Waals surface area contributed by atoms with Crippen LogP contribution in [0.4, 0.5) is 5.82 Å². The Hall–Kier alpha value is -1.60. The third-order valence-electron chi connectivity index (χ3n) is 2.45. The second-order valence-corrected chi connectivity index (χ2v) is 4.15. The summed E-state index contributed by atoms with van der Waals surface area (Å²) in [6.45, 7) is 4.51. The molecule has 1 aromatic heterocycles. The zero-order chi connectivity index (χ0) is 12.1. The molecular weight excluding hydrogens is 200 g/mol. The number of pyridine rings is 1. The smallest absolute Gasteiger partial charge is 0.128 e. The van der Waals surface area contributed by atoms with Crippen LogP contribution in [-0.2, 0) is 0 Å². The topological polar surface area (TPSA) is 65.9 Å². The van der Waals surface area contributed by atoms with Crippen molar-refractivity contribution in [3.8, 4) is 6.07 Å². The van der Waals surface area contributed by atoms with Crippen molar-refractivity contribution >= 4 is 5.82 Å². The Balaban J connectivity index is 2.80. The van der Waals surface area contributed by atoms with E-state index in [4.69, 9.17) is 11.0 Å². The van der Waals surface area contributed by atoms with Crippen molar-refractivity contribution in [2.75, 3.05) is 18.5 Å². The predicted molar refractivity (Wildman–Crippen MR) is 64.9 cm³/mol. The molecule has 2 atom stereocenters. The monoisotopic (exact) mass is 218 g/mol. The molecule has 0 saturated heterocycles. The molecule has 2 N–H and O–H groups in total. The SMILES string of the molecule is CC(C#N)CN(C)c1cc([C@@H](C)N)ccn1. The molecule has 0 saturated carbocycles. The van der Waals surface area contributed by atoms with Crippen molar-refractivity contribution in [2.45, 2.75) is 19.9 Å². The molecule has 1 unspecified atom stereocenters. The molecule has 1 rings (SSSR count). The molecule has 0 aliphatic heterocycles. The molecule has 0 aliphatic rings. The van der Waals surface area contributed by atoms with Crippen molar-refractivity contribution < 1.29 is 0 Å². The van der Waals surface area contributed by atoms with Crippen molar-refractivity contribution in [3.05, 3.63) is 23.9 Å². The quantitative estimate of drug-likeness (QED) is 0.835. The number of rotatable bonds is 4.